The molecule has 0 aliphatic heterocycles. The summed E-state index contributed by atoms with van der Waals surface area (Å²) >= 11 is 4.83. The van der Waals surface area contributed by atoms with Crippen LogP contribution in [-0.4, -0.2) is 30.6 Å². The Labute approximate surface area is 143 Å². The molecule has 7 heteroatoms. The van der Waals surface area contributed by atoms with E-state index in [1.165, 1.54) is 11.3 Å². The quantitative estimate of drug-likeness (QED) is 0.591. The number of methoxy groups -OCH3 is 1. The monoisotopic (exact) mass is 391 g/mol. The number of aryl methyl sites for hydroxylation is 1. The number of thiophene rings is 1. The molecule has 1 amide bonds. The third-order valence-corrected chi connectivity index (χ3v) is 5.54. The van der Waals surface area contributed by atoms with Gasteiger partial charge < -0.3 is 15.2 Å². The number of ether oxygens (including phenoxy) is 1. The number of unbranched alkanes of at least 4 members (excludes halogenated alkanes) is 4. The first-order valence-corrected chi connectivity index (χ1v) is 8.91. The second-order valence-corrected chi connectivity index (χ2v) is 7.02. The van der Waals surface area contributed by atoms with Gasteiger partial charge in [-0.2, -0.15) is 0 Å². The highest BCUT2D eigenvalue weighted by Crippen LogP contribution is 2.38. The molecule has 0 spiro atoms. The number of hydrogen-bond acceptors (Lipinski definition) is 4. The van der Waals surface area contributed by atoms with Crippen molar-refractivity contribution in [3.63, 3.8) is 0 Å². The lowest BCUT2D eigenvalue weighted by Gasteiger charge is -2.06. The van der Waals surface area contributed by atoms with Gasteiger partial charge in [0.05, 0.1) is 11.6 Å². The fraction of sp³-hybridized carbons (Fsp3) is 0.600. The Hall–Kier alpha value is -1.08. The average Bonchev–Trinajstić information content (AvgIpc) is 2.76. The molecule has 1 aromatic rings. The number of carboxylic acids is 1. The second-order valence-electron chi connectivity index (χ2n) is 5.00. The summed E-state index contributed by atoms with van der Waals surface area (Å²) in [7, 11) is 1.56. The Balaban J connectivity index is 2.24. The smallest absolute Gasteiger partial charge is 0.303 e. The zero-order chi connectivity index (χ0) is 16.5. The van der Waals surface area contributed by atoms with Crippen LogP contribution in [-0.2, 0) is 4.79 Å². The van der Waals surface area contributed by atoms with Crippen molar-refractivity contribution in [3.8, 4) is 5.75 Å². The molecule has 0 aliphatic rings. The van der Waals surface area contributed by atoms with E-state index >= 15 is 0 Å². The molecule has 0 bridgehead atoms. The van der Waals surface area contributed by atoms with E-state index in [0.717, 1.165) is 41.5 Å². The molecule has 0 radical (unpaired) electrons. The van der Waals surface area contributed by atoms with Crippen LogP contribution < -0.4 is 10.1 Å². The molecule has 1 heterocycles. The number of halogens is 1. The predicted octanol–water partition coefficient (Wildman–Crippen LogP) is 3.98. The molecule has 1 rings (SSSR count). The SMILES string of the molecule is COc1c(C(=O)NCCCCCCCC(=O)O)sc(C)c1Br. The fourth-order valence-corrected chi connectivity index (χ4v) is 3.71. The van der Waals surface area contributed by atoms with Crippen LogP contribution in [0.1, 0.15) is 53.1 Å². The summed E-state index contributed by atoms with van der Waals surface area (Å²) in [5.74, 6) is -0.256. The first-order valence-electron chi connectivity index (χ1n) is 7.30. The third kappa shape index (κ3) is 5.96. The summed E-state index contributed by atoms with van der Waals surface area (Å²) in [5, 5.41) is 11.4. The van der Waals surface area contributed by atoms with Crippen molar-refractivity contribution in [2.75, 3.05) is 13.7 Å². The van der Waals surface area contributed by atoms with Crippen LogP contribution in [0.3, 0.4) is 0 Å². The summed E-state index contributed by atoms with van der Waals surface area (Å²) in [6, 6.07) is 0. The number of amides is 1. The van der Waals surface area contributed by atoms with Gasteiger partial charge in [-0.25, -0.2) is 0 Å². The van der Waals surface area contributed by atoms with Crippen molar-refractivity contribution < 1.29 is 19.4 Å². The highest BCUT2D eigenvalue weighted by atomic mass is 79.9. The van der Waals surface area contributed by atoms with Gasteiger partial charge in [0.2, 0.25) is 0 Å². The largest absolute Gasteiger partial charge is 0.494 e. The molecular weight excluding hydrogens is 370 g/mol. The van der Waals surface area contributed by atoms with Crippen LogP contribution >= 0.6 is 27.3 Å². The van der Waals surface area contributed by atoms with E-state index in [-0.39, 0.29) is 12.3 Å². The molecule has 2 N–H and O–H groups in total. The Morgan fingerprint density at radius 1 is 1.23 bits per heavy atom. The van der Waals surface area contributed by atoms with Crippen LogP contribution in [0, 0.1) is 6.92 Å². The minimum Gasteiger partial charge on any atom is -0.494 e. The molecule has 22 heavy (non-hydrogen) atoms. The minimum absolute atomic E-state index is 0.110. The second kappa shape index (κ2) is 9.84. The molecule has 0 unspecified atom stereocenters. The number of carbonyl (C=O) groups excluding carboxylic acids is 1. The summed E-state index contributed by atoms with van der Waals surface area (Å²) < 4.78 is 6.10. The third-order valence-electron chi connectivity index (χ3n) is 3.23. The van der Waals surface area contributed by atoms with Crippen LogP contribution in [0.25, 0.3) is 0 Å². The topological polar surface area (TPSA) is 75.6 Å². The number of aliphatic carboxylic acids is 1. The molecule has 0 fully saturated rings. The van der Waals surface area contributed by atoms with Crippen molar-refractivity contribution in [2.45, 2.75) is 45.4 Å². The van der Waals surface area contributed by atoms with E-state index in [9.17, 15) is 9.59 Å². The molecule has 0 atom stereocenters. The molecule has 1 aromatic heterocycles. The van der Waals surface area contributed by atoms with E-state index in [0.29, 0.717) is 17.2 Å². The van der Waals surface area contributed by atoms with Gasteiger partial charge in [0.25, 0.3) is 5.91 Å². The zero-order valence-corrected chi connectivity index (χ0v) is 15.3. The van der Waals surface area contributed by atoms with Gasteiger partial charge in [-0.1, -0.05) is 19.3 Å². The predicted molar refractivity (Wildman–Crippen MR) is 91.0 cm³/mol. The summed E-state index contributed by atoms with van der Waals surface area (Å²) in [4.78, 5) is 24.1. The molecule has 5 nitrogen and oxygen atoms in total. The van der Waals surface area contributed by atoms with Crippen LogP contribution in [0.2, 0.25) is 0 Å². The van der Waals surface area contributed by atoms with E-state index in [1.807, 2.05) is 6.92 Å². The van der Waals surface area contributed by atoms with Crippen molar-refractivity contribution in [2.24, 2.45) is 0 Å². The van der Waals surface area contributed by atoms with Gasteiger partial charge in [-0.05, 0) is 35.7 Å². The standard InChI is InChI=1S/C15H22BrNO4S/c1-10-12(16)13(21-2)14(22-10)15(20)17-9-7-5-3-4-6-8-11(18)19/h3-9H2,1-2H3,(H,17,20)(H,18,19). The summed E-state index contributed by atoms with van der Waals surface area (Å²) in [6.07, 6.45) is 4.77. The van der Waals surface area contributed by atoms with Crippen molar-refractivity contribution in [3.05, 3.63) is 14.2 Å². The maximum absolute atomic E-state index is 12.1. The first-order chi connectivity index (χ1) is 10.5. The van der Waals surface area contributed by atoms with Crippen LogP contribution in [0.4, 0.5) is 0 Å². The maximum atomic E-state index is 12.1. The fourth-order valence-electron chi connectivity index (χ4n) is 2.05. The molecule has 0 aliphatic carbocycles. The number of nitrogens with one attached hydrogen (secondary N) is 1. The van der Waals surface area contributed by atoms with Gasteiger partial charge in [0.15, 0.2) is 5.75 Å². The van der Waals surface area contributed by atoms with Crippen molar-refractivity contribution >= 4 is 39.1 Å². The van der Waals surface area contributed by atoms with Gasteiger partial charge in [0.1, 0.15) is 4.88 Å². The number of hydrogen-bond donors (Lipinski definition) is 2. The lowest BCUT2D eigenvalue weighted by Crippen LogP contribution is -2.23. The summed E-state index contributed by atoms with van der Waals surface area (Å²) in [6.45, 7) is 2.56. The lowest BCUT2D eigenvalue weighted by atomic mass is 10.1. The number of carboxylic acid groups (broad SMARTS) is 1. The van der Waals surface area contributed by atoms with Crippen LogP contribution in [0.15, 0.2) is 4.47 Å². The van der Waals surface area contributed by atoms with E-state index < -0.39 is 5.97 Å². The Morgan fingerprint density at radius 2 is 1.86 bits per heavy atom. The van der Waals surface area contributed by atoms with Crippen molar-refractivity contribution in [1.82, 2.24) is 5.32 Å². The van der Waals surface area contributed by atoms with E-state index in [4.69, 9.17) is 9.84 Å². The molecule has 0 aromatic carbocycles. The summed E-state index contributed by atoms with van der Waals surface area (Å²) in [5.41, 5.74) is 0. The minimum atomic E-state index is -0.737. The van der Waals surface area contributed by atoms with E-state index in [2.05, 4.69) is 21.2 Å². The first kappa shape index (κ1) is 19.0. The normalized spacial score (nSPS) is 10.5. The Morgan fingerprint density at radius 3 is 2.50 bits per heavy atom. The number of carbonyl (C=O) groups is 2. The lowest BCUT2D eigenvalue weighted by molar-refractivity contribution is -0.137. The number of rotatable bonds is 10. The average molecular weight is 392 g/mol. The van der Waals surface area contributed by atoms with Crippen molar-refractivity contribution in [1.29, 1.82) is 0 Å². The van der Waals surface area contributed by atoms with Gasteiger partial charge in [0, 0.05) is 17.8 Å². The van der Waals surface area contributed by atoms with E-state index in [1.54, 1.807) is 7.11 Å². The molecule has 0 saturated heterocycles. The molecule has 0 saturated carbocycles. The highest BCUT2D eigenvalue weighted by Gasteiger charge is 2.20. The van der Waals surface area contributed by atoms with Gasteiger partial charge >= 0.3 is 5.97 Å². The Bertz CT molecular complexity index is 516. The van der Waals surface area contributed by atoms with Crippen LogP contribution in [0.5, 0.6) is 5.75 Å². The zero-order valence-electron chi connectivity index (χ0n) is 12.9. The van der Waals surface area contributed by atoms with Gasteiger partial charge in [-0.3, -0.25) is 9.59 Å². The molecular formula is C15H22BrNO4S. The molecule has 124 valence electrons. The Kier molecular flexibility index (Phi) is 8.48. The van der Waals surface area contributed by atoms with Gasteiger partial charge in [-0.15, -0.1) is 11.3 Å². The highest BCUT2D eigenvalue weighted by molar-refractivity contribution is 9.10. The maximum Gasteiger partial charge on any atom is 0.303 e.